The van der Waals surface area contributed by atoms with Gasteiger partial charge in [-0.05, 0) is 25.2 Å². The van der Waals surface area contributed by atoms with Crippen molar-refractivity contribution in [3.63, 3.8) is 0 Å². The molecule has 3 N–H and O–H groups in total. The maximum Gasteiger partial charge on any atom is 0.328 e. The van der Waals surface area contributed by atoms with E-state index >= 15 is 0 Å². The molecule has 1 aliphatic carbocycles. The van der Waals surface area contributed by atoms with Gasteiger partial charge in [0.25, 0.3) is 0 Å². The maximum absolute atomic E-state index is 11.6. The molecule has 0 aromatic carbocycles. The zero-order chi connectivity index (χ0) is 13.5. The minimum atomic E-state index is -0.403. The van der Waals surface area contributed by atoms with Gasteiger partial charge in [0, 0.05) is 0 Å². The molecule has 1 unspecified atom stereocenters. The molecule has 0 bridgehead atoms. The van der Waals surface area contributed by atoms with E-state index in [0.29, 0.717) is 24.3 Å². The van der Waals surface area contributed by atoms with Gasteiger partial charge in [-0.15, -0.1) is 0 Å². The van der Waals surface area contributed by atoms with Crippen molar-refractivity contribution in [2.45, 2.75) is 58.0 Å². The lowest BCUT2D eigenvalue weighted by molar-refractivity contribution is -0.143. The Bertz CT molecular complexity index is 297. The number of hydrogen-bond donors (Lipinski definition) is 2. The maximum atomic E-state index is 11.6. The van der Waals surface area contributed by atoms with E-state index in [1.54, 1.807) is 0 Å². The molecule has 1 fully saturated rings. The second-order valence-corrected chi connectivity index (χ2v) is 5.30. The highest BCUT2D eigenvalue weighted by molar-refractivity contribution is 5.85. The monoisotopic (exact) mass is 255 g/mol. The molecule has 18 heavy (non-hydrogen) atoms. The summed E-state index contributed by atoms with van der Waals surface area (Å²) in [5, 5.41) is 2.98. The Hall–Kier alpha value is -1.26. The number of guanidine groups is 1. The molecule has 5 nitrogen and oxygen atoms in total. The van der Waals surface area contributed by atoms with Crippen molar-refractivity contribution in [2.75, 3.05) is 7.11 Å². The minimum absolute atomic E-state index is 0.284. The van der Waals surface area contributed by atoms with Gasteiger partial charge in [0.2, 0.25) is 0 Å². The molecule has 0 heterocycles. The third kappa shape index (κ3) is 4.94. The van der Waals surface area contributed by atoms with Crippen LogP contribution in [0.4, 0.5) is 0 Å². The van der Waals surface area contributed by atoms with Crippen molar-refractivity contribution in [2.24, 2.45) is 16.6 Å². The fraction of sp³-hybridized carbons (Fsp3) is 0.846. The Kier molecular flexibility index (Phi) is 5.95. The number of nitrogens with two attached hydrogens (primary N) is 1. The van der Waals surface area contributed by atoms with E-state index in [1.807, 2.05) is 0 Å². The first kappa shape index (κ1) is 14.8. The van der Waals surface area contributed by atoms with Crippen LogP contribution >= 0.6 is 0 Å². The molecule has 0 aromatic heterocycles. The number of aliphatic imine (C=N–C) groups is 1. The number of rotatable bonds is 5. The molecular formula is C13H25N3O2. The van der Waals surface area contributed by atoms with Gasteiger partial charge >= 0.3 is 5.97 Å². The van der Waals surface area contributed by atoms with Gasteiger partial charge in [-0.25, -0.2) is 4.79 Å². The van der Waals surface area contributed by atoms with Crippen molar-refractivity contribution < 1.29 is 9.53 Å². The predicted octanol–water partition coefficient (Wildman–Crippen LogP) is 1.42. The fourth-order valence-corrected chi connectivity index (χ4v) is 2.27. The van der Waals surface area contributed by atoms with Crippen LogP contribution in [0.5, 0.6) is 0 Å². The first-order chi connectivity index (χ1) is 8.52. The quantitative estimate of drug-likeness (QED) is 0.442. The van der Waals surface area contributed by atoms with Gasteiger partial charge < -0.3 is 15.8 Å². The van der Waals surface area contributed by atoms with E-state index < -0.39 is 6.04 Å². The number of methoxy groups -OCH3 is 1. The summed E-state index contributed by atoms with van der Waals surface area (Å²) in [6, 6.07) is -0.0880. The lowest BCUT2D eigenvalue weighted by atomic mass is 10.0. The highest BCUT2D eigenvalue weighted by atomic mass is 16.5. The van der Waals surface area contributed by atoms with Crippen LogP contribution in [0.15, 0.2) is 4.99 Å². The van der Waals surface area contributed by atoms with Crippen LogP contribution in [0.3, 0.4) is 0 Å². The molecule has 0 saturated heterocycles. The third-order valence-electron chi connectivity index (χ3n) is 3.16. The molecule has 5 heteroatoms. The molecular weight excluding hydrogens is 230 g/mol. The zero-order valence-corrected chi connectivity index (χ0v) is 11.6. The van der Waals surface area contributed by atoms with Gasteiger partial charge in [0.05, 0.1) is 13.2 Å². The number of esters is 1. The Balaban J connectivity index is 2.55. The predicted molar refractivity (Wildman–Crippen MR) is 72.3 cm³/mol. The second kappa shape index (κ2) is 7.24. The van der Waals surface area contributed by atoms with Crippen LogP contribution in [0.2, 0.25) is 0 Å². The summed E-state index contributed by atoms with van der Waals surface area (Å²) in [7, 11) is 1.39. The normalized spacial score (nSPS) is 19.0. The zero-order valence-electron chi connectivity index (χ0n) is 11.6. The summed E-state index contributed by atoms with van der Waals surface area (Å²) in [4.78, 5) is 16.0. The molecule has 104 valence electrons. The standard InChI is InChI=1S/C13H25N3O2/c1-9(2)8-11(12(17)18-3)16-13(14)15-10-6-4-5-7-10/h9-11H,4-8H2,1-3H3,(H3,14,15,16). The molecule has 1 aliphatic rings. The topological polar surface area (TPSA) is 76.7 Å². The van der Waals surface area contributed by atoms with Crippen LogP contribution in [-0.4, -0.2) is 31.1 Å². The lowest BCUT2D eigenvalue weighted by Gasteiger charge is -2.19. The summed E-state index contributed by atoms with van der Waals surface area (Å²) in [6.45, 7) is 4.11. The first-order valence-electron chi connectivity index (χ1n) is 6.70. The van der Waals surface area contributed by atoms with Crippen molar-refractivity contribution in [1.29, 1.82) is 0 Å². The highest BCUT2D eigenvalue weighted by Crippen LogP contribution is 2.20. The van der Waals surface area contributed by atoms with Gasteiger partial charge in [0.15, 0.2) is 5.96 Å². The Labute approximate surface area is 109 Å². The van der Waals surface area contributed by atoms with Gasteiger partial charge in [0.1, 0.15) is 6.04 Å². The lowest BCUT2D eigenvalue weighted by Crippen LogP contribution is -2.46. The van der Waals surface area contributed by atoms with E-state index in [2.05, 4.69) is 24.2 Å². The van der Waals surface area contributed by atoms with Crippen molar-refractivity contribution in [3.05, 3.63) is 0 Å². The largest absolute Gasteiger partial charge is 0.467 e. The van der Waals surface area contributed by atoms with Crippen LogP contribution in [0.25, 0.3) is 0 Å². The first-order valence-corrected chi connectivity index (χ1v) is 6.70. The average molecular weight is 255 g/mol. The number of nitrogens with zero attached hydrogens (tertiary/aromatic N) is 1. The summed E-state index contributed by atoms with van der Waals surface area (Å²) in [5.74, 6) is 0.465. The van der Waals surface area contributed by atoms with E-state index in [1.165, 1.54) is 20.0 Å². The molecule has 0 aromatic rings. The number of ether oxygens (including phenoxy) is 1. The van der Waals surface area contributed by atoms with Crippen LogP contribution in [0.1, 0.15) is 46.0 Å². The summed E-state index contributed by atoms with van der Waals surface area (Å²) in [6.07, 6.45) is 5.31. The van der Waals surface area contributed by atoms with Crippen LogP contribution in [-0.2, 0) is 9.53 Å². The molecule has 1 rings (SSSR count). The summed E-state index contributed by atoms with van der Waals surface area (Å²) < 4.78 is 4.77. The molecule has 1 saturated carbocycles. The molecule has 0 spiro atoms. The minimum Gasteiger partial charge on any atom is -0.467 e. The second-order valence-electron chi connectivity index (χ2n) is 5.30. The average Bonchev–Trinajstić information content (AvgIpc) is 2.79. The molecule has 0 aliphatic heterocycles. The number of hydrogen-bond acceptors (Lipinski definition) is 3. The summed E-state index contributed by atoms with van der Waals surface area (Å²) in [5.41, 5.74) is 5.85. The van der Waals surface area contributed by atoms with Crippen molar-refractivity contribution in [1.82, 2.24) is 5.32 Å². The smallest absolute Gasteiger partial charge is 0.328 e. The Morgan fingerprint density at radius 3 is 2.56 bits per heavy atom. The Morgan fingerprint density at radius 2 is 2.06 bits per heavy atom. The van der Waals surface area contributed by atoms with E-state index in [4.69, 9.17) is 10.5 Å². The van der Waals surface area contributed by atoms with Crippen molar-refractivity contribution in [3.8, 4) is 0 Å². The SMILES string of the molecule is COC(=O)C(CC(C)C)NC(N)=NC1CCCC1. The number of carbonyl (C=O) groups excluding carboxylic acids is 1. The fourth-order valence-electron chi connectivity index (χ4n) is 2.27. The van der Waals surface area contributed by atoms with E-state index in [0.717, 1.165) is 12.8 Å². The summed E-state index contributed by atoms with van der Waals surface area (Å²) >= 11 is 0. The Morgan fingerprint density at radius 1 is 1.44 bits per heavy atom. The third-order valence-corrected chi connectivity index (χ3v) is 3.16. The van der Waals surface area contributed by atoms with E-state index in [-0.39, 0.29) is 5.97 Å². The van der Waals surface area contributed by atoms with Gasteiger partial charge in [-0.3, -0.25) is 4.99 Å². The molecule has 1 atom stereocenters. The highest BCUT2D eigenvalue weighted by Gasteiger charge is 2.21. The van der Waals surface area contributed by atoms with Gasteiger partial charge in [-0.1, -0.05) is 26.7 Å². The molecule has 0 radical (unpaired) electrons. The molecule has 0 amide bonds. The van der Waals surface area contributed by atoms with Crippen molar-refractivity contribution >= 4 is 11.9 Å². The van der Waals surface area contributed by atoms with Crippen LogP contribution < -0.4 is 11.1 Å². The van der Waals surface area contributed by atoms with Gasteiger partial charge in [-0.2, -0.15) is 0 Å². The number of carbonyl (C=O) groups is 1. The van der Waals surface area contributed by atoms with Crippen LogP contribution in [0, 0.1) is 5.92 Å². The van der Waals surface area contributed by atoms with E-state index in [9.17, 15) is 4.79 Å². The number of nitrogens with one attached hydrogen (secondary N) is 1.